The van der Waals surface area contributed by atoms with Gasteiger partial charge in [-0.1, -0.05) is 53.8 Å². The van der Waals surface area contributed by atoms with Crippen molar-refractivity contribution >= 4 is 34.1 Å². The van der Waals surface area contributed by atoms with Gasteiger partial charge in [-0.2, -0.15) is 0 Å². The number of anilines is 1. The van der Waals surface area contributed by atoms with Gasteiger partial charge in [-0.3, -0.25) is 4.79 Å². The maximum Gasteiger partial charge on any atom is 0.253 e. The number of carbonyl (C=O) groups is 1. The molecule has 184 valence electrons. The summed E-state index contributed by atoms with van der Waals surface area (Å²) in [4.78, 5) is 19.6. The number of hydrogen-bond acceptors (Lipinski definition) is 3. The van der Waals surface area contributed by atoms with E-state index >= 15 is 0 Å². The Morgan fingerprint density at radius 3 is 2.57 bits per heavy atom. The minimum atomic E-state index is 0.0931. The molecule has 6 rings (SSSR count). The van der Waals surface area contributed by atoms with Gasteiger partial charge in [-0.15, -0.1) is 0 Å². The van der Waals surface area contributed by atoms with Crippen molar-refractivity contribution in [2.24, 2.45) is 0 Å². The fourth-order valence-corrected chi connectivity index (χ4v) is 6.18. The molecule has 0 atom stereocenters. The van der Waals surface area contributed by atoms with Gasteiger partial charge >= 0.3 is 0 Å². The normalized spacial score (nSPS) is 16.2. The zero-order valence-electron chi connectivity index (χ0n) is 20.6. The second-order valence-corrected chi connectivity index (χ2v) is 10.6. The van der Waals surface area contributed by atoms with E-state index in [1.54, 1.807) is 6.20 Å². The highest BCUT2D eigenvalue weighted by atomic mass is 35.5. The molecule has 1 aromatic heterocycles. The summed E-state index contributed by atoms with van der Waals surface area (Å²) in [6, 6.07) is 22.0. The lowest BCUT2D eigenvalue weighted by Crippen LogP contribution is -2.46. The largest absolute Gasteiger partial charge is 0.383 e. The number of nitrogen functional groups attached to an aromatic ring is 1. The number of nitrogens with two attached hydrogens (primary N) is 1. The molecule has 1 aliphatic carbocycles. The highest BCUT2D eigenvalue weighted by molar-refractivity contribution is 6.31. The zero-order chi connectivity index (χ0) is 25.4. The van der Waals surface area contributed by atoms with E-state index in [-0.39, 0.29) is 11.3 Å². The van der Waals surface area contributed by atoms with Crippen LogP contribution in [0.4, 0.5) is 5.82 Å². The SMILES string of the molecule is Nc1ncc2ccc(Cl)cc2c1C#Cc1ccc(C(=O)N2CCC3(CCCc4ccccc43)CC2)cc1. The topological polar surface area (TPSA) is 59.2 Å². The summed E-state index contributed by atoms with van der Waals surface area (Å²) < 4.78 is 0. The molecule has 37 heavy (non-hydrogen) atoms. The first kappa shape index (κ1) is 23.6. The van der Waals surface area contributed by atoms with E-state index in [4.69, 9.17) is 17.3 Å². The first-order chi connectivity index (χ1) is 18.0. The summed E-state index contributed by atoms with van der Waals surface area (Å²) in [7, 11) is 0. The van der Waals surface area contributed by atoms with E-state index in [0.717, 1.165) is 42.3 Å². The average molecular weight is 506 g/mol. The van der Waals surface area contributed by atoms with E-state index < -0.39 is 0 Å². The Hall–Kier alpha value is -3.81. The third-order valence-electron chi connectivity index (χ3n) is 8.05. The summed E-state index contributed by atoms with van der Waals surface area (Å²) in [6.45, 7) is 1.59. The first-order valence-electron chi connectivity index (χ1n) is 12.9. The van der Waals surface area contributed by atoms with Crippen LogP contribution >= 0.6 is 11.6 Å². The number of pyridine rings is 1. The quantitative estimate of drug-likeness (QED) is 0.305. The maximum absolute atomic E-state index is 13.3. The van der Waals surface area contributed by atoms with Crippen LogP contribution in [0.15, 0.2) is 72.9 Å². The number of fused-ring (bicyclic) bond motifs is 3. The fraction of sp³-hybridized carbons (Fsp3) is 0.250. The molecule has 1 amide bonds. The minimum absolute atomic E-state index is 0.0931. The summed E-state index contributed by atoms with van der Waals surface area (Å²) in [6.07, 6.45) is 7.42. The Kier molecular flexibility index (Phi) is 6.10. The number of carbonyl (C=O) groups excluding carboxylic acids is 1. The second-order valence-electron chi connectivity index (χ2n) is 10.2. The molecule has 2 heterocycles. The third kappa shape index (κ3) is 4.45. The van der Waals surface area contributed by atoms with Crippen LogP contribution in [0.3, 0.4) is 0 Å². The van der Waals surface area contributed by atoms with Crippen LogP contribution in [-0.4, -0.2) is 28.9 Å². The van der Waals surface area contributed by atoms with Crippen LogP contribution in [-0.2, 0) is 11.8 Å². The van der Waals surface area contributed by atoms with Gasteiger partial charge in [-0.25, -0.2) is 4.98 Å². The fourth-order valence-electron chi connectivity index (χ4n) is 6.01. The Labute approximate surface area is 222 Å². The van der Waals surface area contributed by atoms with Crippen LogP contribution in [0, 0.1) is 11.8 Å². The summed E-state index contributed by atoms with van der Waals surface area (Å²) in [5, 5.41) is 2.44. The number of halogens is 1. The summed E-state index contributed by atoms with van der Waals surface area (Å²) in [5.41, 5.74) is 11.5. The van der Waals surface area contributed by atoms with Gasteiger partial charge in [0.05, 0.1) is 5.56 Å². The standard InChI is InChI=1S/C32H28ClN3O/c33-26-13-12-25-21-35-30(34)27(28(25)20-26)14-9-22-7-10-24(11-8-22)31(37)36-18-16-32(17-19-36)15-3-5-23-4-1-2-6-29(23)32/h1-2,4,6-8,10-13,20-21H,3,5,15-19H2,(H2,34,35). The lowest BCUT2D eigenvalue weighted by Gasteiger charge is -2.45. The van der Waals surface area contributed by atoms with Crippen LogP contribution in [0.2, 0.25) is 5.02 Å². The molecule has 4 aromatic rings. The maximum atomic E-state index is 13.3. The third-order valence-corrected chi connectivity index (χ3v) is 8.28. The number of rotatable bonds is 1. The number of nitrogens with zero attached hydrogens (tertiary/aromatic N) is 2. The molecule has 1 spiro atoms. The zero-order valence-corrected chi connectivity index (χ0v) is 21.4. The van der Waals surface area contributed by atoms with Crippen molar-refractivity contribution in [1.82, 2.24) is 9.88 Å². The molecule has 3 aromatic carbocycles. The van der Waals surface area contributed by atoms with Gasteiger partial charge in [0.1, 0.15) is 5.82 Å². The second kappa shape index (κ2) is 9.57. The highest BCUT2D eigenvalue weighted by Gasteiger charge is 2.40. The molecule has 5 heteroatoms. The summed E-state index contributed by atoms with van der Waals surface area (Å²) >= 11 is 6.19. The van der Waals surface area contributed by atoms with Gasteiger partial charge in [0.25, 0.3) is 5.91 Å². The molecule has 0 unspecified atom stereocenters. The molecule has 1 saturated heterocycles. The van der Waals surface area contributed by atoms with Crippen molar-refractivity contribution in [3.05, 3.63) is 106 Å². The molecular formula is C32H28ClN3O. The molecule has 4 nitrogen and oxygen atoms in total. The number of aromatic nitrogens is 1. The Morgan fingerprint density at radius 2 is 1.76 bits per heavy atom. The molecule has 0 radical (unpaired) electrons. The van der Waals surface area contributed by atoms with Gasteiger partial charge in [0, 0.05) is 46.2 Å². The van der Waals surface area contributed by atoms with E-state index in [9.17, 15) is 4.79 Å². The van der Waals surface area contributed by atoms with Gasteiger partial charge in [0.2, 0.25) is 0 Å². The number of likely N-dealkylation sites (tertiary alicyclic amines) is 1. The van der Waals surface area contributed by atoms with Crippen LogP contribution in [0.1, 0.15) is 58.3 Å². The lowest BCUT2D eigenvalue weighted by molar-refractivity contribution is 0.0652. The minimum Gasteiger partial charge on any atom is -0.383 e. The van der Waals surface area contributed by atoms with Crippen molar-refractivity contribution in [3.63, 3.8) is 0 Å². The predicted octanol–water partition coefficient (Wildman–Crippen LogP) is 6.38. The van der Waals surface area contributed by atoms with Crippen LogP contribution in [0.25, 0.3) is 10.8 Å². The van der Waals surface area contributed by atoms with Crippen LogP contribution in [0.5, 0.6) is 0 Å². The Bertz CT molecular complexity index is 1550. The lowest BCUT2D eigenvalue weighted by atomic mass is 9.65. The monoisotopic (exact) mass is 505 g/mol. The highest BCUT2D eigenvalue weighted by Crippen LogP contribution is 2.44. The average Bonchev–Trinajstić information content (AvgIpc) is 2.93. The van der Waals surface area contributed by atoms with Crippen molar-refractivity contribution in [1.29, 1.82) is 0 Å². The van der Waals surface area contributed by atoms with Crippen molar-refractivity contribution in [2.45, 2.75) is 37.5 Å². The summed E-state index contributed by atoms with van der Waals surface area (Å²) in [5.74, 6) is 6.80. The van der Waals surface area contributed by atoms with Gasteiger partial charge in [-0.05, 0) is 85.0 Å². The molecule has 0 saturated carbocycles. The Balaban J connectivity index is 1.17. The Morgan fingerprint density at radius 1 is 0.973 bits per heavy atom. The molecular weight excluding hydrogens is 478 g/mol. The van der Waals surface area contributed by atoms with Crippen molar-refractivity contribution in [2.75, 3.05) is 18.8 Å². The van der Waals surface area contributed by atoms with Gasteiger partial charge < -0.3 is 10.6 Å². The van der Waals surface area contributed by atoms with Crippen molar-refractivity contribution in [3.8, 4) is 11.8 Å². The van der Waals surface area contributed by atoms with E-state index in [1.807, 2.05) is 47.4 Å². The van der Waals surface area contributed by atoms with Crippen molar-refractivity contribution < 1.29 is 4.79 Å². The number of amides is 1. The predicted molar refractivity (Wildman–Crippen MR) is 150 cm³/mol. The number of piperidine rings is 1. The molecule has 1 aliphatic heterocycles. The number of aryl methyl sites for hydroxylation is 1. The molecule has 2 aliphatic rings. The molecule has 0 bridgehead atoms. The first-order valence-corrected chi connectivity index (χ1v) is 13.2. The van der Waals surface area contributed by atoms with E-state index in [0.29, 0.717) is 22.0 Å². The number of benzene rings is 3. The smallest absolute Gasteiger partial charge is 0.253 e. The molecule has 2 N–H and O–H groups in total. The number of hydrogen-bond donors (Lipinski definition) is 1. The van der Waals surface area contributed by atoms with E-state index in [2.05, 4.69) is 41.1 Å². The van der Waals surface area contributed by atoms with Gasteiger partial charge in [0.15, 0.2) is 0 Å². The van der Waals surface area contributed by atoms with Crippen LogP contribution < -0.4 is 5.73 Å². The van der Waals surface area contributed by atoms with E-state index in [1.165, 1.54) is 30.4 Å². The molecule has 1 fully saturated rings.